The number of rotatable bonds is 2. The number of nitriles is 2. The molecule has 0 spiro atoms. The summed E-state index contributed by atoms with van der Waals surface area (Å²) in [5.74, 6) is 0.700. The number of nitrogens with zero attached hydrogens (tertiary/aromatic N) is 4. The average Bonchev–Trinajstić information content (AvgIpc) is 2.96. The van der Waals surface area contributed by atoms with Gasteiger partial charge in [0.05, 0.1) is 7.11 Å². The lowest BCUT2D eigenvalue weighted by Crippen LogP contribution is -2.13. The van der Waals surface area contributed by atoms with Gasteiger partial charge >= 0.3 is 0 Å². The SMILES string of the molecule is COc1ccc(-n2cnc3c(C#N)c(C#N)c(=O)[nH]c32)cc1.N. The van der Waals surface area contributed by atoms with Crippen LogP contribution < -0.4 is 16.4 Å². The average molecular weight is 308 g/mol. The standard InChI is InChI=1S/C15H9N5O2.H3N/c1-22-10-4-2-9(3-5-10)20-8-18-13-11(6-16)12(7-17)15(21)19-14(13)20;/h2-5,8H,1H3,(H,19,21);1H3. The fraction of sp³-hybridized carbons (Fsp3) is 0.0667. The third-order valence-electron chi connectivity index (χ3n) is 3.29. The van der Waals surface area contributed by atoms with E-state index in [1.165, 1.54) is 6.33 Å². The third-order valence-corrected chi connectivity index (χ3v) is 3.29. The highest BCUT2D eigenvalue weighted by molar-refractivity contribution is 5.81. The molecule has 1 aromatic carbocycles. The zero-order valence-electron chi connectivity index (χ0n) is 12.2. The van der Waals surface area contributed by atoms with E-state index in [1.807, 2.05) is 6.07 Å². The van der Waals surface area contributed by atoms with Crippen molar-refractivity contribution in [1.82, 2.24) is 20.7 Å². The number of benzene rings is 1. The van der Waals surface area contributed by atoms with Crippen LogP contribution in [0.25, 0.3) is 16.9 Å². The minimum atomic E-state index is -0.609. The molecule has 8 nitrogen and oxygen atoms in total. The summed E-state index contributed by atoms with van der Waals surface area (Å²) in [6.45, 7) is 0. The van der Waals surface area contributed by atoms with Crippen LogP contribution in [0.2, 0.25) is 0 Å². The number of imidazole rings is 1. The Morgan fingerprint density at radius 3 is 2.39 bits per heavy atom. The summed E-state index contributed by atoms with van der Waals surface area (Å²) in [5.41, 5.74) is 0.540. The number of pyridine rings is 1. The van der Waals surface area contributed by atoms with Gasteiger partial charge in [0, 0.05) is 5.69 Å². The van der Waals surface area contributed by atoms with Gasteiger partial charge in [0.25, 0.3) is 5.56 Å². The predicted octanol–water partition coefficient (Wildman–Crippen LogP) is 1.63. The molecule has 8 heteroatoms. The quantitative estimate of drug-likeness (QED) is 0.736. The van der Waals surface area contributed by atoms with Crippen LogP contribution in [0.15, 0.2) is 35.4 Å². The summed E-state index contributed by atoms with van der Waals surface area (Å²) in [6.07, 6.45) is 1.49. The van der Waals surface area contributed by atoms with Crippen molar-refractivity contribution >= 4 is 11.2 Å². The van der Waals surface area contributed by atoms with Crippen LogP contribution in [0, 0.1) is 22.7 Å². The first kappa shape index (κ1) is 15.8. The first-order valence-electron chi connectivity index (χ1n) is 6.27. The Morgan fingerprint density at radius 1 is 1.17 bits per heavy atom. The minimum absolute atomic E-state index is 0. The molecule has 114 valence electrons. The van der Waals surface area contributed by atoms with Gasteiger partial charge in [-0.05, 0) is 24.3 Å². The van der Waals surface area contributed by atoms with Crippen LogP contribution in [-0.4, -0.2) is 21.6 Å². The fourth-order valence-electron chi connectivity index (χ4n) is 2.21. The summed E-state index contributed by atoms with van der Waals surface area (Å²) < 4.78 is 6.74. The Kier molecular flexibility index (Phi) is 4.12. The molecule has 0 amide bonds. The van der Waals surface area contributed by atoms with E-state index in [4.69, 9.17) is 10.00 Å². The second-order valence-corrected chi connectivity index (χ2v) is 4.44. The Morgan fingerprint density at radius 2 is 1.83 bits per heavy atom. The van der Waals surface area contributed by atoms with Gasteiger partial charge in [0.1, 0.15) is 46.5 Å². The van der Waals surface area contributed by atoms with Crippen LogP contribution in [0.3, 0.4) is 0 Å². The molecule has 4 N–H and O–H groups in total. The fourth-order valence-corrected chi connectivity index (χ4v) is 2.21. The lowest BCUT2D eigenvalue weighted by molar-refractivity contribution is 0.415. The maximum Gasteiger partial charge on any atom is 0.268 e. The van der Waals surface area contributed by atoms with Gasteiger partial charge in [0.2, 0.25) is 0 Å². The highest BCUT2D eigenvalue weighted by atomic mass is 16.5. The number of aromatic amines is 1. The molecule has 0 fully saturated rings. The first-order valence-corrected chi connectivity index (χ1v) is 6.27. The molecule has 0 saturated carbocycles. The van der Waals surface area contributed by atoms with Crippen molar-refractivity contribution < 1.29 is 4.74 Å². The van der Waals surface area contributed by atoms with E-state index in [9.17, 15) is 10.1 Å². The molecule has 23 heavy (non-hydrogen) atoms. The Hall–Kier alpha value is -3.62. The molecule has 0 bridgehead atoms. The molecule has 2 heterocycles. The molecule has 0 radical (unpaired) electrons. The molecular formula is C15H12N6O2. The topological polar surface area (TPSA) is 142 Å². The molecule has 3 rings (SSSR count). The third kappa shape index (κ3) is 2.39. The van der Waals surface area contributed by atoms with Gasteiger partial charge in [-0.25, -0.2) is 4.98 Å². The van der Waals surface area contributed by atoms with Crippen LogP contribution in [0.5, 0.6) is 5.75 Å². The summed E-state index contributed by atoms with van der Waals surface area (Å²) >= 11 is 0. The molecule has 0 aliphatic heterocycles. The van der Waals surface area contributed by atoms with Crippen LogP contribution in [0.4, 0.5) is 0 Å². The smallest absolute Gasteiger partial charge is 0.268 e. The minimum Gasteiger partial charge on any atom is -0.497 e. The maximum absolute atomic E-state index is 11.9. The number of hydrogen-bond donors (Lipinski definition) is 2. The maximum atomic E-state index is 11.9. The van der Waals surface area contributed by atoms with E-state index in [2.05, 4.69) is 9.97 Å². The summed E-state index contributed by atoms with van der Waals surface area (Å²) in [5, 5.41) is 18.2. The van der Waals surface area contributed by atoms with E-state index in [-0.39, 0.29) is 22.8 Å². The summed E-state index contributed by atoms with van der Waals surface area (Å²) in [7, 11) is 1.57. The summed E-state index contributed by atoms with van der Waals surface area (Å²) in [6, 6.07) is 10.7. The molecule has 3 aromatic rings. The van der Waals surface area contributed by atoms with Crippen LogP contribution >= 0.6 is 0 Å². The normalized spacial score (nSPS) is 9.70. The molecule has 0 aliphatic carbocycles. The Labute approximate surface area is 130 Å². The lowest BCUT2D eigenvalue weighted by atomic mass is 10.1. The van der Waals surface area contributed by atoms with Crippen LogP contribution in [0.1, 0.15) is 11.1 Å². The molecule has 0 aliphatic rings. The van der Waals surface area contributed by atoms with E-state index >= 15 is 0 Å². The van der Waals surface area contributed by atoms with Crippen molar-refractivity contribution in [3.8, 4) is 23.6 Å². The van der Waals surface area contributed by atoms with Gasteiger partial charge in [-0.1, -0.05) is 0 Å². The second-order valence-electron chi connectivity index (χ2n) is 4.44. The number of hydrogen-bond acceptors (Lipinski definition) is 6. The number of nitrogens with one attached hydrogen (secondary N) is 1. The van der Waals surface area contributed by atoms with Crippen LogP contribution in [-0.2, 0) is 0 Å². The number of aromatic nitrogens is 3. The molecular weight excluding hydrogens is 296 g/mol. The van der Waals surface area contributed by atoms with Crippen molar-refractivity contribution in [3.05, 3.63) is 52.1 Å². The molecule has 0 saturated heterocycles. The monoisotopic (exact) mass is 308 g/mol. The second kappa shape index (κ2) is 6.02. The van der Waals surface area contributed by atoms with E-state index in [1.54, 1.807) is 42.0 Å². The van der Waals surface area contributed by atoms with Gasteiger partial charge in [0.15, 0.2) is 0 Å². The van der Waals surface area contributed by atoms with Gasteiger partial charge < -0.3 is 15.9 Å². The lowest BCUT2D eigenvalue weighted by Gasteiger charge is -2.05. The van der Waals surface area contributed by atoms with E-state index in [0.29, 0.717) is 11.4 Å². The predicted molar refractivity (Wildman–Crippen MR) is 82.7 cm³/mol. The Balaban J connectivity index is 0.00000192. The largest absolute Gasteiger partial charge is 0.497 e. The van der Waals surface area contributed by atoms with Gasteiger partial charge in [-0.3, -0.25) is 9.36 Å². The Bertz CT molecular complexity index is 1000. The number of methoxy groups -OCH3 is 1. The van der Waals surface area contributed by atoms with Crippen molar-refractivity contribution in [2.45, 2.75) is 0 Å². The van der Waals surface area contributed by atoms with Crippen molar-refractivity contribution in [2.24, 2.45) is 0 Å². The van der Waals surface area contributed by atoms with E-state index in [0.717, 1.165) is 5.69 Å². The molecule has 2 aromatic heterocycles. The number of ether oxygens (including phenoxy) is 1. The highest BCUT2D eigenvalue weighted by Gasteiger charge is 2.16. The number of H-pyrrole nitrogens is 1. The molecule has 0 atom stereocenters. The van der Waals surface area contributed by atoms with Crippen molar-refractivity contribution in [1.29, 1.82) is 10.5 Å². The van der Waals surface area contributed by atoms with Crippen molar-refractivity contribution in [2.75, 3.05) is 7.11 Å². The van der Waals surface area contributed by atoms with Crippen molar-refractivity contribution in [3.63, 3.8) is 0 Å². The zero-order chi connectivity index (χ0) is 15.7. The first-order chi connectivity index (χ1) is 10.7. The van der Waals surface area contributed by atoms with Gasteiger partial charge in [-0.15, -0.1) is 0 Å². The van der Waals surface area contributed by atoms with E-state index < -0.39 is 5.56 Å². The number of fused-ring (bicyclic) bond motifs is 1. The molecule has 0 unspecified atom stereocenters. The summed E-state index contributed by atoms with van der Waals surface area (Å²) in [4.78, 5) is 18.7. The van der Waals surface area contributed by atoms with Gasteiger partial charge in [-0.2, -0.15) is 10.5 Å². The zero-order valence-corrected chi connectivity index (χ0v) is 12.2. The highest BCUT2D eigenvalue weighted by Crippen LogP contribution is 2.21.